The van der Waals surface area contributed by atoms with Crippen molar-refractivity contribution < 1.29 is 14.3 Å². The van der Waals surface area contributed by atoms with Gasteiger partial charge in [-0.1, -0.05) is 26.2 Å². The Labute approximate surface area is 114 Å². The van der Waals surface area contributed by atoms with Gasteiger partial charge < -0.3 is 9.64 Å². The van der Waals surface area contributed by atoms with Gasteiger partial charge in [-0.25, -0.2) is 0 Å². The van der Waals surface area contributed by atoms with Crippen LogP contribution in [0.2, 0.25) is 0 Å². The number of nitrogens with one attached hydrogen (secondary N) is 1. The van der Waals surface area contributed by atoms with Crippen LogP contribution in [-0.2, 0) is 14.3 Å². The molecule has 0 aromatic rings. The standard InChI is InChI=1S/C14H24N2O3/c1-3-6-11-15-14(8-4-5-9-14)13(18)16(11)10-7-12(17)19-2/h11,15H,3-10H2,1-2H3. The maximum Gasteiger partial charge on any atom is 0.307 e. The van der Waals surface area contributed by atoms with Crippen LogP contribution in [0.3, 0.4) is 0 Å². The van der Waals surface area contributed by atoms with Gasteiger partial charge in [0.25, 0.3) is 0 Å². The molecule has 108 valence electrons. The molecule has 1 heterocycles. The van der Waals surface area contributed by atoms with Crippen molar-refractivity contribution in [2.45, 2.75) is 63.6 Å². The van der Waals surface area contributed by atoms with Crippen LogP contribution >= 0.6 is 0 Å². The van der Waals surface area contributed by atoms with E-state index in [-0.39, 0.29) is 30.0 Å². The predicted octanol–water partition coefficient (Wildman–Crippen LogP) is 1.42. The molecular formula is C14H24N2O3. The second-order valence-electron chi connectivity index (χ2n) is 5.56. The molecule has 1 aliphatic heterocycles. The first-order chi connectivity index (χ1) is 9.13. The van der Waals surface area contributed by atoms with E-state index < -0.39 is 0 Å². The Kier molecular flexibility index (Phi) is 4.45. The quantitative estimate of drug-likeness (QED) is 0.766. The van der Waals surface area contributed by atoms with Crippen LogP contribution in [-0.4, -0.2) is 42.1 Å². The van der Waals surface area contributed by atoms with E-state index in [9.17, 15) is 9.59 Å². The van der Waals surface area contributed by atoms with Crippen LogP contribution < -0.4 is 5.32 Å². The summed E-state index contributed by atoms with van der Waals surface area (Å²) >= 11 is 0. The lowest BCUT2D eigenvalue weighted by Gasteiger charge is -2.23. The Bertz CT molecular complexity index is 351. The van der Waals surface area contributed by atoms with E-state index in [1.807, 2.05) is 4.90 Å². The zero-order chi connectivity index (χ0) is 13.9. The summed E-state index contributed by atoms with van der Waals surface area (Å²) in [6.07, 6.45) is 6.41. The summed E-state index contributed by atoms with van der Waals surface area (Å²) in [5, 5.41) is 3.53. The van der Waals surface area contributed by atoms with Crippen molar-refractivity contribution in [3.8, 4) is 0 Å². The zero-order valence-electron chi connectivity index (χ0n) is 11.9. The highest BCUT2D eigenvalue weighted by molar-refractivity contribution is 5.89. The molecule has 1 aliphatic carbocycles. The number of carbonyl (C=O) groups is 2. The van der Waals surface area contributed by atoms with Crippen molar-refractivity contribution in [3.05, 3.63) is 0 Å². The number of methoxy groups -OCH3 is 1. The molecule has 19 heavy (non-hydrogen) atoms. The zero-order valence-corrected chi connectivity index (χ0v) is 11.9. The highest BCUT2D eigenvalue weighted by Crippen LogP contribution is 2.37. The second kappa shape index (κ2) is 5.90. The minimum Gasteiger partial charge on any atom is -0.469 e. The monoisotopic (exact) mass is 268 g/mol. The molecule has 5 nitrogen and oxygen atoms in total. The molecule has 1 amide bonds. The van der Waals surface area contributed by atoms with Gasteiger partial charge >= 0.3 is 5.97 Å². The van der Waals surface area contributed by atoms with Crippen molar-refractivity contribution in [2.24, 2.45) is 0 Å². The topological polar surface area (TPSA) is 58.6 Å². The average molecular weight is 268 g/mol. The van der Waals surface area contributed by atoms with Crippen molar-refractivity contribution in [3.63, 3.8) is 0 Å². The predicted molar refractivity (Wildman–Crippen MR) is 71.4 cm³/mol. The first kappa shape index (κ1) is 14.3. The van der Waals surface area contributed by atoms with E-state index in [0.717, 1.165) is 38.5 Å². The third-order valence-corrected chi connectivity index (χ3v) is 4.29. The Hall–Kier alpha value is -1.10. The van der Waals surface area contributed by atoms with E-state index in [1.165, 1.54) is 7.11 Å². The summed E-state index contributed by atoms with van der Waals surface area (Å²) in [5.74, 6) is -0.0669. The normalized spacial score (nSPS) is 25.3. The lowest BCUT2D eigenvalue weighted by Crippen LogP contribution is -2.44. The van der Waals surface area contributed by atoms with Crippen LogP contribution in [0, 0.1) is 0 Å². The highest BCUT2D eigenvalue weighted by Gasteiger charge is 2.51. The van der Waals surface area contributed by atoms with Gasteiger partial charge in [-0.2, -0.15) is 0 Å². The van der Waals surface area contributed by atoms with E-state index in [1.54, 1.807) is 0 Å². The molecule has 1 unspecified atom stereocenters. The van der Waals surface area contributed by atoms with E-state index in [4.69, 9.17) is 0 Å². The molecule has 1 spiro atoms. The average Bonchev–Trinajstić information content (AvgIpc) is 2.96. The van der Waals surface area contributed by atoms with Gasteiger partial charge in [0.1, 0.15) is 0 Å². The number of carbonyl (C=O) groups excluding carboxylic acids is 2. The van der Waals surface area contributed by atoms with Crippen LogP contribution in [0.1, 0.15) is 51.9 Å². The van der Waals surface area contributed by atoms with Gasteiger partial charge in [0.15, 0.2) is 0 Å². The first-order valence-electron chi connectivity index (χ1n) is 7.28. The molecule has 5 heteroatoms. The lowest BCUT2D eigenvalue weighted by atomic mass is 9.98. The van der Waals surface area contributed by atoms with Gasteiger partial charge in [-0.15, -0.1) is 0 Å². The van der Waals surface area contributed by atoms with Gasteiger partial charge in [0, 0.05) is 6.54 Å². The molecule has 2 rings (SSSR count). The molecule has 0 aromatic carbocycles. The Balaban J connectivity index is 2.05. The summed E-state index contributed by atoms with van der Waals surface area (Å²) in [5.41, 5.74) is -0.337. The largest absolute Gasteiger partial charge is 0.469 e. The number of nitrogens with zero attached hydrogens (tertiary/aromatic N) is 1. The van der Waals surface area contributed by atoms with Crippen molar-refractivity contribution in [1.82, 2.24) is 10.2 Å². The summed E-state index contributed by atoms with van der Waals surface area (Å²) < 4.78 is 4.66. The van der Waals surface area contributed by atoms with Crippen LogP contribution in [0.5, 0.6) is 0 Å². The van der Waals surface area contributed by atoms with Gasteiger partial charge in [-0.05, 0) is 19.3 Å². The number of ether oxygens (including phenoxy) is 1. The Morgan fingerprint density at radius 1 is 1.47 bits per heavy atom. The fourth-order valence-electron chi connectivity index (χ4n) is 3.28. The minimum atomic E-state index is -0.337. The van der Waals surface area contributed by atoms with Crippen LogP contribution in [0.25, 0.3) is 0 Å². The lowest BCUT2D eigenvalue weighted by molar-refractivity contribution is -0.142. The highest BCUT2D eigenvalue weighted by atomic mass is 16.5. The third-order valence-electron chi connectivity index (χ3n) is 4.29. The molecule has 1 saturated heterocycles. The number of amides is 1. The smallest absolute Gasteiger partial charge is 0.307 e. The molecular weight excluding hydrogens is 244 g/mol. The van der Waals surface area contributed by atoms with Crippen molar-refractivity contribution >= 4 is 11.9 Å². The van der Waals surface area contributed by atoms with Gasteiger partial charge in [-0.3, -0.25) is 14.9 Å². The summed E-state index contributed by atoms with van der Waals surface area (Å²) in [4.78, 5) is 25.8. The SMILES string of the molecule is CCCC1NC2(CCCC2)C(=O)N1CCC(=O)OC. The second-order valence-corrected chi connectivity index (χ2v) is 5.56. The maximum absolute atomic E-state index is 12.6. The minimum absolute atomic E-state index is 0.0836. The van der Waals surface area contributed by atoms with E-state index >= 15 is 0 Å². The Morgan fingerprint density at radius 3 is 2.74 bits per heavy atom. The fourth-order valence-corrected chi connectivity index (χ4v) is 3.28. The number of rotatable bonds is 5. The molecule has 1 atom stereocenters. The molecule has 0 aromatic heterocycles. The molecule has 1 saturated carbocycles. The van der Waals surface area contributed by atoms with Crippen LogP contribution in [0.15, 0.2) is 0 Å². The van der Waals surface area contributed by atoms with Crippen molar-refractivity contribution in [1.29, 1.82) is 0 Å². The first-order valence-corrected chi connectivity index (χ1v) is 7.28. The number of hydrogen-bond acceptors (Lipinski definition) is 4. The number of esters is 1. The summed E-state index contributed by atoms with van der Waals surface area (Å²) in [7, 11) is 1.38. The van der Waals surface area contributed by atoms with Crippen molar-refractivity contribution in [2.75, 3.05) is 13.7 Å². The molecule has 1 N–H and O–H groups in total. The summed E-state index contributed by atoms with van der Waals surface area (Å²) in [6.45, 7) is 2.58. The number of hydrogen-bond donors (Lipinski definition) is 1. The van der Waals surface area contributed by atoms with Gasteiger partial charge in [0.2, 0.25) is 5.91 Å². The molecule has 2 aliphatic rings. The summed E-state index contributed by atoms with van der Waals surface area (Å²) in [6, 6.07) is 0. The van der Waals surface area contributed by atoms with E-state index in [0.29, 0.717) is 6.54 Å². The van der Waals surface area contributed by atoms with Gasteiger partial charge in [0.05, 0.1) is 25.2 Å². The molecule has 2 fully saturated rings. The van der Waals surface area contributed by atoms with E-state index in [2.05, 4.69) is 17.0 Å². The maximum atomic E-state index is 12.6. The van der Waals surface area contributed by atoms with Crippen LogP contribution in [0.4, 0.5) is 0 Å². The fraction of sp³-hybridized carbons (Fsp3) is 0.857. The molecule has 0 radical (unpaired) electrons. The molecule has 0 bridgehead atoms. The Morgan fingerprint density at radius 2 is 2.16 bits per heavy atom. The third kappa shape index (κ3) is 2.76.